The van der Waals surface area contributed by atoms with Gasteiger partial charge in [0, 0.05) is 35.7 Å². The van der Waals surface area contributed by atoms with Crippen LogP contribution in [0.2, 0.25) is 0 Å². The number of hydrogen-bond donors (Lipinski definition) is 2. The molecule has 3 aliphatic carbocycles. The van der Waals surface area contributed by atoms with E-state index in [1.165, 1.54) is 31.3 Å². The van der Waals surface area contributed by atoms with Gasteiger partial charge < -0.3 is 15.1 Å². The predicted octanol–water partition coefficient (Wildman–Crippen LogP) is 6.83. The molecule has 2 bridgehead atoms. The number of furan rings is 1. The lowest BCUT2D eigenvalue weighted by molar-refractivity contribution is -0.134. The topological polar surface area (TPSA) is 84.2 Å². The Morgan fingerprint density at radius 2 is 1.80 bits per heavy atom. The third kappa shape index (κ3) is 5.18. The van der Waals surface area contributed by atoms with Crippen molar-refractivity contribution in [2.75, 3.05) is 7.05 Å². The maximum Gasteiger partial charge on any atom is 0.389 e. The Bertz CT molecular complexity index is 1650. The first-order valence-electron chi connectivity index (χ1n) is 13.5. The summed E-state index contributed by atoms with van der Waals surface area (Å²) in [7, 11) is 1.44. The van der Waals surface area contributed by atoms with E-state index in [9.17, 15) is 27.2 Å². The van der Waals surface area contributed by atoms with Crippen LogP contribution in [-0.2, 0) is 6.42 Å². The Labute approximate surface area is 233 Å². The van der Waals surface area contributed by atoms with Crippen LogP contribution in [0, 0.1) is 11.7 Å². The third-order valence-electron chi connectivity index (χ3n) is 8.17. The molecule has 2 aromatic carbocycles. The summed E-state index contributed by atoms with van der Waals surface area (Å²) in [5, 5.41) is 6.01. The Morgan fingerprint density at radius 1 is 1.05 bits per heavy atom. The maximum atomic E-state index is 13.6. The van der Waals surface area contributed by atoms with E-state index >= 15 is 0 Å². The second kappa shape index (κ2) is 10.0. The van der Waals surface area contributed by atoms with Gasteiger partial charge in [-0.3, -0.25) is 9.59 Å². The van der Waals surface area contributed by atoms with Gasteiger partial charge in [0.15, 0.2) is 0 Å². The molecule has 212 valence electrons. The van der Waals surface area contributed by atoms with E-state index < -0.39 is 30.7 Å². The summed E-state index contributed by atoms with van der Waals surface area (Å²) in [6, 6.07) is 13.6. The fraction of sp³-hybridized carbons (Fsp3) is 0.323. The van der Waals surface area contributed by atoms with Crippen LogP contribution in [0.25, 0.3) is 33.6 Å². The van der Waals surface area contributed by atoms with Crippen LogP contribution in [0.4, 0.5) is 17.6 Å². The molecular formula is C31H27F4N3O3. The number of nitrogens with one attached hydrogen (secondary N) is 2. The Hall–Kier alpha value is -4.21. The number of alkyl halides is 3. The molecule has 0 aliphatic heterocycles. The van der Waals surface area contributed by atoms with Gasteiger partial charge in [-0.05, 0) is 86.1 Å². The molecular weight excluding hydrogens is 538 g/mol. The van der Waals surface area contributed by atoms with Crippen LogP contribution in [0.1, 0.15) is 58.5 Å². The summed E-state index contributed by atoms with van der Waals surface area (Å²) in [4.78, 5) is 30.6. The maximum absolute atomic E-state index is 13.6. The molecule has 41 heavy (non-hydrogen) atoms. The summed E-state index contributed by atoms with van der Waals surface area (Å²) in [6.07, 6.45) is -1.98. The quantitative estimate of drug-likeness (QED) is 0.241. The highest BCUT2D eigenvalue weighted by Crippen LogP contribution is 2.52. The van der Waals surface area contributed by atoms with E-state index in [0.29, 0.717) is 28.2 Å². The van der Waals surface area contributed by atoms with Crippen molar-refractivity contribution >= 4 is 22.9 Å². The smallest absolute Gasteiger partial charge is 0.389 e. The molecule has 3 saturated carbocycles. The van der Waals surface area contributed by atoms with E-state index in [1.54, 1.807) is 30.3 Å². The molecule has 0 spiro atoms. The number of nitrogens with zero attached hydrogens (tertiary/aromatic N) is 1. The molecule has 2 N–H and O–H groups in total. The number of carbonyl (C=O) groups excluding carboxylic acids is 2. The molecule has 10 heteroatoms. The zero-order valence-electron chi connectivity index (χ0n) is 22.2. The minimum atomic E-state index is -4.42. The largest absolute Gasteiger partial charge is 0.437 e. The number of rotatable bonds is 7. The van der Waals surface area contributed by atoms with Gasteiger partial charge in [0.25, 0.3) is 11.8 Å². The predicted molar refractivity (Wildman–Crippen MR) is 145 cm³/mol. The number of aromatic nitrogens is 1. The standard InChI is InChI=1S/C31H27F4N3O3/c1-36-28(40)25-23-14-22(19-3-2-4-20(13-19)27(39)38-30-11-9-17(15-30)16-30)24(10-12-31(33,34)35)37-29(23)41-26(25)18-5-7-21(32)8-6-18/h2-8,13-14,17H,9-12,15-16H2,1H3,(H,36,40)(H,38,39). The zero-order chi connectivity index (χ0) is 28.9. The van der Waals surface area contributed by atoms with E-state index in [-0.39, 0.29) is 39.6 Å². The van der Waals surface area contributed by atoms with Crippen molar-refractivity contribution in [1.29, 1.82) is 0 Å². The number of benzene rings is 2. The lowest BCUT2D eigenvalue weighted by Crippen LogP contribution is -2.51. The summed E-state index contributed by atoms with van der Waals surface area (Å²) in [5.74, 6) is -0.421. The van der Waals surface area contributed by atoms with Gasteiger partial charge in [-0.15, -0.1) is 0 Å². The minimum Gasteiger partial charge on any atom is -0.437 e. The summed E-state index contributed by atoms with van der Waals surface area (Å²) >= 11 is 0. The third-order valence-corrected chi connectivity index (χ3v) is 8.17. The van der Waals surface area contributed by atoms with Crippen molar-refractivity contribution in [2.45, 2.75) is 50.2 Å². The van der Waals surface area contributed by atoms with Crippen molar-refractivity contribution in [3.8, 4) is 22.5 Å². The Kier molecular flexibility index (Phi) is 6.59. The van der Waals surface area contributed by atoms with Gasteiger partial charge >= 0.3 is 6.18 Å². The van der Waals surface area contributed by atoms with Gasteiger partial charge in [-0.25, -0.2) is 9.37 Å². The van der Waals surface area contributed by atoms with Crippen LogP contribution < -0.4 is 10.6 Å². The highest BCUT2D eigenvalue weighted by atomic mass is 19.4. The van der Waals surface area contributed by atoms with E-state index in [0.717, 1.165) is 25.7 Å². The van der Waals surface area contributed by atoms with Crippen molar-refractivity contribution < 1.29 is 31.6 Å². The first-order chi connectivity index (χ1) is 19.5. The number of hydrogen-bond acceptors (Lipinski definition) is 4. The number of carbonyl (C=O) groups is 2. The average molecular weight is 566 g/mol. The molecule has 2 amide bonds. The van der Waals surface area contributed by atoms with Crippen molar-refractivity contribution in [3.63, 3.8) is 0 Å². The fourth-order valence-electron chi connectivity index (χ4n) is 6.15. The van der Waals surface area contributed by atoms with E-state index in [2.05, 4.69) is 15.6 Å². The minimum absolute atomic E-state index is 0.0161. The van der Waals surface area contributed by atoms with Gasteiger partial charge in [0.1, 0.15) is 11.6 Å². The molecule has 0 unspecified atom stereocenters. The molecule has 0 radical (unpaired) electrons. The summed E-state index contributed by atoms with van der Waals surface area (Å²) in [6.45, 7) is 0. The van der Waals surface area contributed by atoms with Gasteiger partial charge in [-0.1, -0.05) is 12.1 Å². The molecule has 3 aliphatic rings. The SMILES string of the molecule is CNC(=O)c1c(-c2ccc(F)cc2)oc2nc(CCC(F)(F)F)c(-c3cccc(C(=O)NC45CCC(C4)C5)c3)cc12. The van der Waals surface area contributed by atoms with Crippen molar-refractivity contribution in [2.24, 2.45) is 5.92 Å². The van der Waals surface area contributed by atoms with Gasteiger partial charge in [0.2, 0.25) is 5.71 Å². The lowest BCUT2D eigenvalue weighted by atomic mass is 9.77. The normalized spacial score (nSPS) is 19.7. The molecule has 4 aromatic rings. The number of halogens is 4. The number of aryl methyl sites for hydroxylation is 1. The molecule has 2 heterocycles. The van der Waals surface area contributed by atoms with Crippen molar-refractivity contribution in [3.05, 3.63) is 77.2 Å². The van der Waals surface area contributed by atoms with Crippen LogP contribution >= 0.6 is 0 Å². The number of pyridine rings is 1. The second-order valence-corrected chi connectivity index (χ2v) is 11.0. The van der Waals surface area contributed by atoms with E-state index in [1.807, 2.05) is 0 Å². The summed E-state index contributed by atoms with van der Waals surface area (Å²) in [5.41, 5.74) is 1.71. The lowest BCUT2D eigenvalue weighted by Gasteiger charge is -2.39. The summed E-state index contributed by atoms with van der Waals surface area (Å²) < 4.78 is 59.4. The fourth-order valence-corrected chi connectivity index (χ4v) is 6.15. The molecule has 6 nitrogen and oxygen atoms in total. The molecule has 0 atom stereocenters. The first kappa shape index (κ1) is 27.0. The number of fused-ring (bicyclic) bond motifs is 2. The highest BCUT2D eigenvalue weighted by molar-refractivity contribution is 6.11. The molecule has 7 rings (SSSR count). The van der Waals surface area contributed by atoms with Gasteiger partial charge in [-0.2, -0.15) is 13.2 Å². The van der Waals surface area contributed by atoms with Crippen LogP contribution in [0.15, 0.2) is 59.0 Å². The van der Waals surface area contributed by atoms with Crippen LogP contribution in [0.3, 0.4) is 0 Å². The molecule has 0 saturated heterocycles. The van der Waals surface area contributed by atoms with E-state index in [4.69, 9.17) is 4.42 Å². The Balaban J connectivity index is 1.46. The number of amides is 2. The molecule has 2 aromatic heterocycles. The second-order valence-electron chi connectivity index (χ2n) is 11.0. The molecule has 3 fully saturated rings. The Morgan fingerprint density at radius 3 is 2.46 bits per heavy atom. The van der Waals surface area contributed by atoms with Crippen LogP contribution in [0.5, 0.6) is 0 Å². The van der Waals surface area contributed by atoms with Crippen molar-refractivity contribution in [1.82, 2.24) is 15.6 Å². The first-order valence-corrected chi connectivity index (χ1v) is 13.5. The highest BCUT2D eigenvalue weighted by Gasteiger charge is 2.51. The van der Waals surface area contributed by atoms with Crippen LogP contribution in [-0.4, -0.2) is 35.6 Å². The average Bonchev–Trinajstić information content (AvgIpc) is 3.63. The van der Waals surface area contributed by atoms with Gasteiger partial charge in [0.05, 0.1) is 16.6 Å². The monoisotopic (exact) mass is 565 g/mol. The zero-order valence-corrected chi connectivity index (χ0v) is 22.2.